The van der Waals surface area contributed by atoms with E-state index in [0.717, 1.165) is 0 Å². The van der Waals surface area contributed by atoms with Crippen molar-refractivity contribution in [1.82, 2.24) is 0 Å². The average molecular weight is 298 g/mol. The fourth-order valence-electron chi connectivity index (χ4n) is 2.46. The van der Waals surface area contributed by atoms with Crippen LogP contribution in [0.5, 0.6) is 0 Å². The number of rotatable bonds is 4. The Morgan fingerprint density at radius 1 is 1.33 bits per heavy atom. The molecule has 7 nitrogen and oxygen atoms in total. The van der Waals surface area contributed by atoms with Crippen molar-refractivity contribution >= 4 is 17.9 Å². The molecule has 0 aromatic heterocycles. The molecule has 21 heavy (non-hydrogen) atoms. The third-order valence-electron chi connectivity index (χ3n) is 3.59. The second-order valence-corrected chi connectivity index (χ2v) is 5.34. The minimum atomic E-state index is -0.841. The van der Waals surface area contributed by atoms with Gasteiger partial charge < -0.3 is 18.9 Å². The Bertz CT molecular complexity index is 484. The topological polar surface area (TPSA) is 88.1 Å². The Kier molecular flexibility index (Phi) is 4.32. The lowest BCUT2D eigenvalue weighted by Gasteiger charge is -2.18. The molecule has 2 aliphatic heterocycles. The van der Waals surface area contributed by atoms with E-state index in [1.54, 1.807) is 13.8 Å². The highest BCUT2D eigenvalue weighted by molar-refractivity contribution is 5.88. The van der Waals surface area contributed by atoms with Crippen LogP contribution in [0.1, 0.15) is 20.8 Å². The number of carbonyl (C=O) groups excluding carboxylic acids is 3. The molecular weight excluding hydrogens is 280 g/mol. The number of hydrogen-bond acceptors (Lipinski definition) is 7. The number of esters is 3. The lowest BCUT2D eigenvalue weighted by Crippen LogP contribution is -2.29. The Labute approximate surface area is 122 Å². The summed E-state index contributed by atoms with van der Waals surface area (Å²) in [6.07, 6.45) is -1.62. The zero-order valence-corrected chi connectivity index (χ0v) is 12.2. The molecule has 2 saturated heterocycles. The lowest BCUT2D eigenvalue weighted by atomic mass is 9.92. The smallest absolute Gasteiger partial charge is 0.346 e. The van der Waals surface area contributed by atoms with Crippen LogP contribution in [0.2, 0.25) is 0 Å². The third kappa shape index (κ3) is 3.07. The van der Waals surface area contributed by atoms with E-state index in [9.17, 15) is 14.4 Å². The molecule has 0 saturated carbocycles. The van der Waals surface area contributed by atoms with Gasteiger partial charge in [0.15, 0.2) is 6.61 Å². The Morgan fingerprint density at radius 3 is 2.57 bits per heavy atom. The normalized spacial score (nSPS) is 34.0. The lowest BCUT2D eigenvalue weighted by molar-refractivity contribution is -0.192. The van der Waals surface area contributed by atoms with Gasteiger partial charge in [-0.05, 0) is 13.8 Å². The summed E-state index contributed by atoms with van der Waals surface area (Å²) in [7, 11) is 0. The quantitative estimate of drug-likeness (QED) is 0.426. The summed E-state index contributed by atoms with van der Waals surface area (Å²) in [5, 5.41) is 0. The van der Waals surface area contributed by atoms with Crippen molar-refractivity contribution in [1.29, 1.82) is 0 Å². The van der Waals surface area contributed by atoms with Gasteiger partial charge >= 0.3 is 17.9 Å². The molecule has 0 aromatic carbocycles. The predicted molar refractivity (Wildman–Crippen MR) is 68.7 cm³/mol. The number of ether oxygens (including phenoxy) is 4. The van der Waals surface area contributed by atoms with Crippen LogP contribution in [0.3, 0.4) is 0 Å². The number of carbonyl (C=O) groups is 3. The maximum atomic E-state index is 11.7. The first-order chi connectivity index (χ1) is 9.81. The monoisotopic (exact) mass is 298 g/mol. The molecule has 0 aromatic rings. The molecule has 2 aliphatic rings. The average Bonchev–Trinajstić information content (AvgIpc) is 2.86. The first-order valence-electron chi connectivity index (χ1n) is 6.69. The minimum absolute atomic E-state index is 0.194. The second kappa shape index (κ2) is 5.85. The van der Waals surface area contributed by atoms with Crippen LogP contribution in [0.15, 0.2) is 12.2 Å². The van der Waals surface area contributed by atoms with E-state index >= 15 is 0 Å². The van der Waals surface area contributed by atoms with E-state index in [4.69, 9.17) is 14.2 Å². The summed E-state index contributed by atoms with van der Waals surface area (Å²) in [6, 6.07) is 0. The molecule has 5 unspecified atom stereocenters. The van der Waals surface area contributed by atoms with Crippen LogP contribution >= 0.6 is 0 Å². The molecule has 0 radical (unpaired) electrons. The molecule has 116 valence electrons. The van der Waals surface area contributed by atoms with Crippen LogP contribution < -0.4 is 0 Å². The van der Waals surface area contributed by atoms with Gasteiger partial charge in [-0.1, -0.05) is 13.5 Å². The van der Waals surface area contributed by atoms with Gasteiger partial charge in [-0.15, -0.1) is 0 Å². The van der Waals surface area contributed by atoms with Gasteiger partial charge in [0, 0.05) is 11.5 Å². The zero-order chi connectivity index (χ0) is 15.7. The van der Waals surface area contributed by atoms with Crippen LogP contribution in [-0.2, 0) is 33.3 Å². The molecule has 0 amide bonds. The molecule has 7 heteroatoms. The molecular formula is C14H18O7. The van der Waals surface area contributed by atoms with Gasteiger partial charge in [0.1, 0.15) is 12.2 Å². The molecule has 2 rings (SSSR count). The predicted octanol–water partition coefficient (Wildman–Crippen LogP) is 0.571. The van der Waals surface area contributed by atoms with Crippen LogP contribution in [0.4, 0.5) is 0 Å². The highest BCUT2D eigenvalue weighted by Gasteiger charge is 2.55. The Balaban J connectivity index is 1.87. The number of hydrogen-bond donors (Lipinski definition) is 0. The summed E-state index contributed by atoms with van der Waals surface area (Å²) < 4.78 is 20.4. The molecule has 0 spiro atoms. The second-order valence-electron chi connectivity index (χ2n) is 5.34. The van der Waals surface area contributed by atoms with Gasteiger partial charge in [-0.25, -0.2) is 9.59 Å². The maximum absolute atomic E-state index is 11.7. The summed E-state index contributed by atoms with van der Waals surface area (Å²) in [4.78, 5) is 34.5. The van der Waals surface area contributed by atoms with E-state index in [1.807, 2.05) is 0 Å². The third-order valence-corrected chi connectivity index (χ3v) is 3.59. The Hall–Kier alpha value is -1.89. The van der Waals surface area contributed by atoms with Crippen molar-refractivity contribution in [2.45, 2.75) is 39.3 Å². The minimum Gasteiger partial charge on any atom is -0.460 e. The number of fused-ring (bicyclic) bond motifs is 1. The molecule has 2 heterocycles. The summed E-state index contributed by atoms with van der Waals surface area (Å²) >= 11 is 0. The maximum Gasteiger partial charge on any atom is 0.346 e. The van der Waals surface area contributed by atoms with Gasteiger partial charge in [0.05, 0.1) is 5.92 Å². The van der Waals surface area contributed by atoms with Gasteiger partial charge in [0.2, 0.25) is 6.29 Å². The van der Waals surface area contributed by atoms with E-state index in [0.29, 0.717) is 0 Å². The van der Waals surface area contributed by atoms with Crippen LogP contribution in [0.25, 0.3) is 0 Å². The molecule has 0 bridgehead atoms. The zero-order valence-electron chi connectivity index (χ0n) is 12.2. The van der Waals surface area contributed by atoms with Gasteiger partial charge in [-0.3, -0.25) is 4.79 Å². The van der Waals surface area contributed by atoms with Gasteiger partial charge in [-0.2, -0.15) is 0 Å². The molecule has 0 N–H and O–H groups in total. The summed E-state index contributed by atoms with van der Waals surface area (Å²) in [5.41, 5.74) is 0.194. The summed E-state index contributed by atoms with van der Waals surface area (Å²) in [6.45, 7) is 7.84. The molecule has 5 atom stereocenters. The molecule has 0 aliphatic carbocycles. The van der Waals surface area contributed by atoms with Crippen molar-refractivity contribution in [2.75, 3.05) is 6.61 Å². The number of cyclic esters (lactones) is 1. The fraction of sp³-hybridized carbons (Fsp3) is 0.643. The highest BCUT2D eigenvalue weighted by Crippen LogP contribution is 2.40. The first-order valence-corrected chi connectivity index (χ1v) is 6.69. The SMILES string of the molecule is C=C(C)C(=O)OCC(=O)OC1OC2C(C)OC(=O)C2C1C. The van der Waals surface area contributed by atoms with E-state index < -0.39 is 36.9 Å². The van der Waals surface area contributed by atoms with Crippen molar-refractivity contribution < 1.29 is 33.3 Å². The Morgan fingerprint density at radius 2 is 2.00 bits per heavy atom. The molecule has 2 fully saturated rings. The van der Waals surface area contributed by atoms with Crippen molar-refractivity contribution in [3.8, 4) is 0 Å². The van der Waals surface area contributed by atoms with Crippen molar-refractivity contribution in [3.05, 3.63) is 12.2 Å². The van der Waals surface area contributed by atoms with E-state index in [-0.39, 0.29) is 23.6 Å². The van der Waals surface area contributed by atoms with Crippen LogP contribution in [0, 0.1) is 11.8 Å². The van der Waals surface area contributed by atoms with Crippen molar-refractivity contribution in [2.24, 2.45) is 11.8 Å². The van der Waals surface area contributed by atoms with Crippen LogP contribution in [-0.4, -0.2) is 43.0 Å². The largest absolute Gasteiger partial charge is 0.460 e. The van der Waals surface area contributed by atoms with Gasteiger partial charge in [0.25, 0.3) is 0 Å². The fourth-order valence-corrected chi connectivity index (χ4v) is 2.46. The first kappa shape index (κ1) is 15.5. The van der Waals surface area contributed by atoms with E-state index in [2.05, 4.69) is 11.3 Å². The summed E-state index contributed by atoms with van der Waals surface area (Å²) in [5.74, 6) is -2.49. The van der Waals surface area contributed by atoms with E-state index in [1.165, 1.54) is 6.92 Å². The highest BCUT2D eigenvalue weighted by atomic mass is 16.7. The van der Waals surface area contributed by atoms with Crippen molar-refractivity contribution in [3.63, 3.8) is 0 Å². The standard InChI is InChI=1S/C14H18O7/c1-6(2)12(16)18-5-9(15)20-14-7(3)10-11(21-14)8(4)19-13(10)17/h7-8,10-11,14H,1,5H2,2-4H3.